The Labute approximate surface area is 119 Å². The van der Waals surface area contributed by atoms with Crippen molar-refractivity contribution >= 4 is 5.82 Å². The fourth-order valence-corrected chi connectivity index (χ4v) is 2.42. The number of nitrogens with two attached hydrogens (primary N) is 1. The highest BCUT2D eigenvalue weighted by molar-refractivity contribution is 5.46. The van der Waals surface area contributed by atoms with E-state index in [-0.39, 0.29) is 11.9 Å². The molecule has 0 aliphatic carbocycles. The van der Waals surface area contributed by atoms with E-state index in [9.17, 15) is 4.39 Å². The van der Waals surface area contributed by atoms with Crippen LogP contribution >= 0.6 is 0 Å². The second-order valence-electron chi connectivity index (χ2n) is 4.87. The largest absolute Gasteiger partial charge is 0.383 e. The van der Waals surface area contributed by atoms with Gasteiger partial charge in [0.05, 0.1) is 0 Å². The Kier molecular flexibility index (Phi) is 4.69. The van der Waals surface area contributed by atoms with E-state index in [0.29, 0.717) is 5.82 Å². The number of likely N-dealkylation sites (N-methyl/N-ethyl adjacent to an activating group) is 1. The summed E-state index contributed by atoms with van der Waals surface area (Å²) in [6.45, 7) is 4.92. The number of hydrogen-bond donors (Lipinski definition) is 2. The van der Waals surface area contributed by atoms with Crippen molar-refractivity contribution in [1.29, 1.82) is 0 Å². The van der Waals surface area contributed by atoms with Crippen LogP contribution in [0, 0.1) is 12.7 Å². The van der Waals surface area contributed by atoms with Gasteiger partial charge in [-0.05, 0) is 49.2 Å². The van der Waals surface area contributed by atoms with Crippen molar-refractivity contribution in [3.8, 4) is 0 Å². The maximum absolute atomic E-state index is 13.0. The SMILES string of the molecule is CCNC(Cc1ccc(F)cc1)c1c(C)ccnc1N. The number of aromatic nitrogens is 1. The molecule has 2 aromatic rings. The zero-order chi connectivity index (χ0) is 14.5. The summed E-state index contributed by atoms with van der Waals surface area (Å²) in [5.41, 5.74) is 9.23. The molecule has 0 amide bonds. The van der Waals surface area contributed by atoms with E-state index >= 15 is 0 Å². The van der Waals surface area contributed by atoms with Gasteiger partial charge in [0, 0.05) is 17.8 Å². The van der Waals surface area contributed by atoms with Crippen molar-refractivity contribution in [3.05, 3.63) is 59.0 Å². The van der Waals surface area contributed by atoms with Gasteiger partial charge < -0.3 is 11.1 Å². The molecule has 0 fully saturated rings. The number of nitrogens with one attached hydrogen (secondary N) is 1. The maximum atomic E-state index is 13.0. The molecule has 1 aromatic heterocycles. The minimum atomic E-state index is -0.217. The van der Waals surface area contributed by atoms with Gasteiger partial charge in [0.1, 0.15) is 11.6 Å². The molecule has 106 valence electrons. The molecule has 0 aliphatic rings. The molecule has 1 unspecified atom stereocenters. The summed E-state index contributed by atoms with van der Waals surface area (Å²) < 4.78 is 13.0. The quantitative estimate of drug-likeness (QED) is 0.880. The van der Waals surface area contributed by atoms with Crippen molar-refractivity contribution in [2.45, 2.75) is 26.3 Å². The van der Waals surface area contributed by atoms with Crippen LogP contribution in [0.3, 0.4) is 0 Å². The fourth-order valence-electron chi connectivity index (χ4n) is 2.42. The lowest BCUT2D eigenvalue weighted by Crippen LogP contribution is -2.25. The van der Waals surface area contributed by atoms with E-state index in [1.165, 1.54) is 12.1 Å². The monoisotopic (exact) mass is 273 g/mol. The van der Waals surface area contributed by atoms with Crippen LogP contribution in [0.4, 0.5) is 10.2 Å². The van der Waals surface area contributed by atoms with E-state index in [1.54, 1.807) is 6.20 Å². The highest BCUT2D eigenvalue weighted by Crippen LogP contribution is 2.25. The van der Waals surface area contributed by atoms with Crippen LogP contribution < -0.4 is 11.1 Å². The predicted molar refractivity (Wildman–Crippen MR) is 79.9 cm³/mol. The van der Waals surface area contributed by atoms with Gasteiger partial charge in [0.25, 0.3) is 0 Å². The van der Waals surface area contributed by atoms with E-state index in [0.717, 1.165) is 29.7 Å². The summed E-state index contributed by atoms with van der Waals surface area (Å²) in [5.74, 6) is 0.337. The number of hydrogen-bond acceptors (Lipinski definition) is 3. The smallest absolute Gasteiger partial charge is 0.128 e. The maximum Gasteiger partial charge on any atom is 0.128 e. The number of anilines is 1. The Bertz CT molecular complexity index is 546. The number of nitrogens with zero attached hydrogens (tertiary/aromatic N) is 1. The second kappa shape index (κ2) is 6.48. The molecule has 3 N–H and O–H groups in total. The first kappa shape index (κ1) is 14.5. The minimum absolute atomic E-state index is 0.0826. The number of benzene rings is 1. The highest BCUT2D eigenvalue weighted by atomic mass is 19.1. The molecule has 0 saturated carbocycles. The Hall–Kier alpha value is -1.94. The predicted octanol–water partition coefficient (Wildman–Crippen LogP) is 3.00. The molecule has 0 saturated heterocycles. The number of aryl methyl sites for hydroxylation is 1. The first-order valence-corrected chi connectivity index (χ1v) is 6.80. The summed E-state index contributed by atoms with van der Waals surface area (Å²) in [7, 11) is 0. The molecule has 0 bridgehead atoms. The minimum Gasteiger partial charge on any atom is -0.383 e. The molecular formula is C16H20FN3. The first-order chi connectivity index (χ1) is 9.61. The molecule has 1 heterocycles. The summed E-state index contributed by atoms with van der Waals surface area (Å²) in [6, 6.07) is 8.62. The van der Waals surface area contributed by atoms with E-state index in [1.807, 2.05) is 25.1 Å². The van der Waals surface area contributed by atoms with Crippen LogP contribution in [0.1, 0.15) is 29.7 Å². The summed E-state index contributed by atoms with van der Waals surface area (Å²) in [5, 5.41) is 3.43. The van der Waals surface area contributed by atoms with Crippen LogP contribution in [0.15, 0.2) is 36.5 Å². The molecule has 2 rings (SSSR count). The second-order valence-corrected chi connectivity index (χ2v) is 4.87. The lowest BCUT2D eigenvalue weighted by atomic mass is 9.96. The van der Waals surface area contributed by atoms with Gasteiger partial charge in [-0.25, -0.2) is 9.37 Å². The normalized spacial score (nSPS) is 12.3. The van der Waals surface area contributed by atoms with Gasteiger partial charge >= 0.3 is 0 Å². The average molecular weight is 273 g/mol. The Balaban J connectivity index is 2.29. The zero-order valence-electron chi connectivity index (χ0n) is 11.9. The van der Waals surface area contributed by atoms with Crippen molar-refractivity contribution in [2.75, 3.05) is 12.3 Å². The molecule has 1 aromatic carbocycles. The fraction of sp³-hybridized carbons (Fsp3) is 0.312. The van der Waals surface area contributed by atoms with Crippen molar-refractivity contribution < 1.29 is 4.39 Å². The van der Waals surface area contributed by atoms with Crippen molar-refractivity contribution in [3.63, 3.8) is 0 Å². The summed E-state index contributed by atoms with van der Waals surface area (Å²) in [4.78, 5) is 4.18. The zero-order valence-corrected chi connectivity index (χ0v) is 11.9. The summed E-state index contributed by atoms with van der Waals surface area (Å²) in [6.07, 6.45) is 2.47. The van der Waals surface area contributed by atoms with Gasteiger partial charge in [-0.2, -0.15) is 0 Å². The topological polar surface area (TPSA) is 50.9 Å². The molecule has 20 heavy (non-hydrogen) atoms. The number of halogens is 1. The van der Waals surface area contributed by atoms with Gasteiger partial charge in [-0.1, -0.05) is 19.1 Å². The van der Waals surface area contributed by atoms with Crippen LogP contribution in [0.5, 0.6) is 0 Å². The third-order valence-electron chi connectivity index (χ3n) is 3.39. The Morgan fingerprint density at radius 1 is 1.25 bits per heavy atom. The van der Waals surface area contributed by atoms with Gasteiger partial charge in [0.2, 0.25) is 0 Å². The third kappa shape index (κ3) is 3.33. The lowest BCUT2D eigenvalue weighted by molar-refractivity contribution is 0.546. The van der Waals surface area contributed by atoms with E-state index < -0.39 is 0 Å². The third-order valence-corrected chi connectivity index (χ3v) is 3.39. The van der Waals surface area contributed by atoms with Gasteiger partial charge in [-0.15, -0.1) is 0 Å². The van der Waals surface area contributed by atoms with E-state index in [4.69, 9.17) is 5.73 Å². The molecule has 0 radical (unpaired) electrons. The van der Waals surface area contributed by atoms with Gasteiger partial charge in [0.15, 0.2) is 0 Å². The van der Waals surface area contributed by atoms with Crippen LogP contribution in [-0.4, -0.2) is 11.5 Å². The van der Waals surface area contributed by atoms with Crippen molar-refractivity contribution in [1.82, 2.24) is 10.3 Å². The Morgan fingerprint density at radius 2 is 1.95 bits per heavy atom. The highest BCUT2D eigenvalue weighted by Gasteiger charge is 2.17. The van der Waals surface area contributed by atoms with Crippen LogP contribution in [0.2, 0.25) is 0 Å². The molecular weight excluding hydrogens is 253 g/mol. The molecule has 3 nitrogen and oxygen atoms in total. The number of pyridine rings is 1. The van der Waals surface area contributed by atoms with Crippen LogP contribution in [-0.2, 0) is 6.42 Å². The first-order valence-electron chi connectivity index (χ1n) is 6.80. The number of nitrogen functional groups attached to an aromatic ring is 1. The molecule has 0 aliphatic heterocycles. The molecule has 1 atom stereocenters. The van der Waals surface area contributed by atoms with E-state index in [2.05, 4.69) is 17.2 Å². The van der Waals surface area contributed by atoms with Gasteiger partial charge in [-0.3, -0.25) is 0 Å². The average Bonchev–Trinajstić information content (AvgIpc) is 2.41. The standard InChI is InChI=1S/C16H20FN3/c1-3-19-14(10-12-4-6-13(17)7-5-12)15-11(2)8-9-20-16(15)18/h4-9,14,19H,3,10H2,1-2H3,(H2,18,20). The molecule has 4 heteroatoms. The number of rotatable bonds is 5. The molecule has 0 spiro atoms. The van der Waals surface area contributed by atoms with Crippen LogP contribution in [0.25, 0.3) is 0 Å². The van der Waals surface area contributed by atoms with Crippen molar-refractivity contribution in [2.24, 2.45) is 0 Å². The lowest BCUT2D eigenvalue weighted by Gasteiger charge is -2.21. The Morgan fingerprint density at radius 3 is 2.55 bits per heavy atom. The summed E-state index contributed by atoms with van der Waals surface area (Å²) >= 11 is 0.